The van der Waals surface area contributed by atoms with E-state index in [4.69, 9.17) is 0 Å². The summed E-state index contributed by atoms with van der Waals surface area (Å²) in [6.07, 6.45) is -2.46. The molecule has 0 fully saturated rings. The number of nitrogens with one attached hydrogen (secondary N) is 1. The molecule has 10 heteroatoms. The van der Waals surface area contributed by atoms with Crippen molar-refractivity contribution in [2.75, 3.05) is 6.26 Å². The van der Waals surface area contributed by atoms with Gasteiger partial charge in [0.2, 0.25) is 5.76 Å². The summed E-state index contributed by atoms with van der Waals surface area (Å²) in [6, 6.07) is 9.59. The summed E-state index contributed by atoms with van der Waals surface area (Å²) < 4.78 is 67.1. The van der Waals surface area contributed by atoms with Crippen molar-refractivity contribution in [3.8, 4) is 0 Å². The van der Waals surface area contributed by atoms with Gasteiger partial charge in [-0.3, -0.25) is 4.79 Å². The van der Waals surface area contributed by atoms with Gasteiger partial charge >= 0.3 is 6.18 Å². The molecule has 2 atom stereocenters. The number of carbonyl (C=O) groups excluding carboxylic acids is 1. The Morgan fingerprint density at radius 2 is 1.71 bits per heavy atom. The molecule has 1 amide bonds. The van der Waals surface area contributed by atoms with Crippen molar-refractivity contribution >= 4 is 15.6 Å². The van der Waals surface area contributed by atoms with Crippen LogP contribution in [0.2, 0.25) is 0 Å². The highest BCUT2D eigenvalue weighted by atomic mass is 32.2. The molecular formula is C18H14F4N2O3S. The fraction of sp³-hybridized carbons (Fsp3) is 0.167. The van der Waals surface area contributed by atoms with Gasteiger partial charge in [-0.25, -0.2) is 8.60 Å². The third kappa shape index (κ3) is 4.39. The van der Waals surface area contributed by atoms with E-state index in [2.05, 4.69) is 14.7 Å². The largest absolute Gasteiger partial charge is 0.451 e. The molecule has 0 bridgehead atoms. The minimum absolute atomic E-state index is 0.111. The molecule has 0 saturated carbocycles. The van der Waals surface area contributed by atoms with E-state index in [1.54, 1.807) is 0 Å². The van der Waals surface area contributed by atoms with E-state index in [9.17, 15) is 26.6 Å². The summed E-state index contributed by atoms with van der Waals surface area (Å²) in [6.45, 7) is 0. The number of hydrogen-bond donors (Lipinski definition) is 1. The molecule has 3 rings (SSSR count). The van der Waals surface area contributed by atoms with Crippen molar-refractivity contribution in [3.63, 3.8) is 0 Å². The van der Waals surface area contributed by atoms with Gasteiger partial charge < -0.3 is 4.84 Å². The van der Waals surface area contributed by atoms with Crippen molar-refractivity contribution in [1.29, 1.82) is 0 Å². The maximum absolute atomic E-state index is 13.0. The summed E-state index contributed by atoms with van der Waals surface area (Å²) >= 11 is 0. The van der Waals surface area contributed by atoms with Gasteiger partial charge in [0, 0.05) is 16.7 Å². The first kappa shape index (κ1) is 20.0. The molecule has 1 aliphatic rings. The molecule has 0 spiro atoms. The van der Waals surface area contributed by atoms with Crippen LogP contribution in [0, 0.1) is 5.82 Å². The van der Waals surface area contributed by atoms with Gasteiger partial charge in [-0.05, 0) is 48.0 Å². The molecule has 2 aromatic rings. The zero-order chi connectivity index (χ0) is 20.5. The van der Waals surface area contributed by atoms with Gasteiger partial charge in [0.1, 0.15) is 5.82 Å². The van der Waals surface area contributed by atoms with Gasteiger partial charge in [-0.15, -0.1) is 5.48 Å². The molecule has 5 nitrogen and oxygen atoms in total. The van der Waals surface area contributed by atoms with Gasteiger partial charge in [-0.1, -0.05) is 12.1 Å². The number of nitrogens with zero attached hydrogens (tertiary/aromatic N) is 1. The Hall–Kier alpha value is -2.72. The number of carbonyl (C=O) groups is 1. The summed E-state index contributed by atoms with van der Waals surface area (Å²) in [4.78, 5) is 16.9. The van der Waals surface area contributed by atoms with Crippen molar-refractivity contribution in [2.24, 2.45) is 4.36 Å². The quantitative estimate of drug-likeness (QED) is 0.767. The second kappa shape index (κ2) is 7.36. The summed E-state index contributed by atoms with van der Waals surface area (Å²) in [5, 5.41) is 0. The van der Waals surface area contributed by atoms with Crippen molar-refractivity contribution in [1.82, 2.24) is 5.48 Å². The van der Waals surface area contributed by atoms with E-state index in [0.717, 1.165) is 18.2 Å². The SMILES string of the molecule is CS(=O)(=NC(=O)c1ccc(C2C=C(C(F)(F)F)ON2)cc1)c1ccc(F)cc1. The number of alkyl halides is 3. The second-order valence-corrected chi connectivity index (χ2v) is 8.26. The molecular weight excluding hydrogens is 400 g/mol. The Labute approximate surface area is 158 Å². The number of hydroxylamine groups is 1. The molecule has 28 heavy (non-hydrogen) atoms. The van der Waals surface area contributed by atoms with E-state index < -0.39 is 39.4 Å². The summed E-state index contributed by atoms with van der Waals surface area (Å²) in [7, 11) is -3.08. The van der Waals surface area contributed by atoms with Gasteiger partial charge in [0.25, 0.3) is 5.91 Å². The van der Waals surface area contributed by atoms with E-state index >= 15 is 0 Å². The smallest absolute Gasteiger partial charge is 0.403 e. The van der Waals surface area contributed by atoms with Crippen LogP contribution in [0.3, 0.4) is 0 Å². The van der Waals surface area contributed by atoms with Crippen LogP contribution in [-0.4, -0.2) is 22.5 Å². The van der Waals surface area contributed by atoms with Crippen molar-refractivity contribution in [3.05, 3.63) is 77.3 Å². The predicted octanol–water partition coefficient (Wildman–Crippen LogP) is 4.14. The van der Waals surface area contributed by atoms with Crippen LogP contribution in [0.4, 0.5) is 17.6 Å². The second-order valence-electron chi connectivity index (χ2n) is 6.00. The van der Waals surface area contributed by atoms with Crippen LogP contribution in [0.5, 0.6) is 0 Å². The van der Waals surface area contributed by atoms with Crippen molar-refractivity contribution < 1.29 is 31.4 Å². The lowest BCUT2D eigenvalue weighted by Crippen LogP contribution is -2.17. The van der Waals surface area contributed by atoms with E-state index in [1.165, 1.54) is 42.7 Å². The highest BCUT2D eigenvalue weighted by Gasteiger charge is 2.40. The first-order valence-electron chi connectivity index (χ1n) is 7.90. The van der Waals surface area contributed by atoms with Gasteiger partial charge in [0.15, 0.2) is 0 Å². The monoisotopic (exact) mass is 414 g/mol. The van der Waals surface area contributed by atoms with Gasteiger partial charge in [0.05, 0.1) is 15.8 Å². The lowest BCUT2D eigenvalue weighted by atomic mass is 10.0. The highest BCUT2D eigenvalue weighted by molar-refractivity contribution is 7.93. The number of amides is 1. The minimum atomic E-state index is -4.60. The number of hydrogen-bond acceptors (Lipinski definition) is 4. The molecule has 1 heterocycles. The molecule has 2 unspecified atom stereocenters. The molecule has 0 saturated heterocycles. The summed E-state index contributed by atoms with van der Waals surface area (Å²) in [5.41, 5.74) is 2.79. The van der Waals surface area contributed by atoms with E-state index in [0.29, 0.717) is 5.56 Å². The normalized spacial score (nSPS) is 18.8. The topological polar surface area (TPSA) is 67.8 Å². The Kier molecular flexibility index (Phi) is 5.26. The fourth-order valence-electron chi connectivity index (χ4n) is 2.45. The minimum Gasteiger partial charge on any atom is -0.403 e. The standard InChI is InChI=1S/C18H14F4N2O3S/c1-28(26,14-8-6-13(19)7-9-14)24-17(25)12-4-2-11(3-5-12)15-10-16(27-23-15)18(20,21)22/h2-10,15,23H,1H3. The molecule has 0 radical (unpaired) electrons. The number of rotatable bonds is 3. The molecule has 1 N–H and O–H groups in total. The summed E-state index contributed by atoms with van der Waals surface area (Å²) in [5.74, 6) is -2.41. The molecule has 1 aliphatic heterocycles. The van der Waals surface area contributed by atoms with Crippen molar-refractivity contribution in [2.45, 2.75) is 17.1 Å². The Balaban J connectivity index is 1.80. The Bertz CT molecular complexity index is 1040. The number of benzene rings is 2. The number of allylic oxidation sites excluding steroid dienone is 1. The first-order chi connectivity index (χ1) is 13.1. The molecule has 0 aromatic heterocycles. The van der Waals surface area contributed by atoms with E-state index in [-0.39, 0.29) is 10.5 Å². The molecule has 2 aromatic carbocycles. The highest BCUT2D eigenvalue weighted by Crippen LogP contribution is 2.33. The molecule has 0 aliphatic carbocycles. The Morgan fingerprint density at radius 3 is 2.25 bits per heavy atom. The van der Waals surface area contributed by atoms with Crippen LogP contribution < -0.4 is 5.48 Å². The zero-order valence-electron chi connectivity index (χ0n) is 14.4. The van der Waals surface area contributed by atoms with Crippen LogP contribution in [0.25, 0.3) is 0 Å². The van der Waals surface area contributed by atoms with Crippen LogP contribution >= 0.6 is 0 Å². The zero-order valence-corrected chi connectivity index (χ0v) is 15.2. The molecule has 148 valence electrons. The lowest BCUT2D eigenvalue weighted by molar-refractivity contribution is -0.137. The average Bonchev–Trinajstić information content (AvgIpc) is 3.12. The van der Waals surface area contributed by atoms with E-state index in [1.807, 2.05) is 0 Å². The average molecular weight is 414 g/mol. The maximum Gasteiger partial charge on any atom is 0.451 e. The van der Waals surface area contributed by atoms with Gasteiger partial charge in [-0.2, -0.15) is 17.5 Å². The van der Waals surface area contributed by atoms with Crippen LogP contribution in [0.15, 0.2) is 69.6 Å². The Morgan fingerprint density at radius 1 is 1.11 bits per heavy atom. The maximum atomic E-state index is 13.0. The fourth-order valence-corrected chi connectivity index (χ4v) is 3.62. The number of halogens is 4. The third-order valence-electron chi connectivity index (χ3n) is 3.92. The third-order valence-corrected chi connectivity index (χ3v) is 5.58. The first-order valence-corrected chi connectivity index (χ1v) is 9.82. The lowest BCUT2D eigenvalue weighted by Gasteiger charge is -2.09. The van der Waals surface area contributed by atoms with Crippen LogP contribution in [-0.2, 0) is 14.6 Å². The van der Waals surface area contributed by atoms with Crippen LogP contribution in [0.1, 0.15) is 22.0 Å². The predicted molar refractivity (Wildman–Crippen MR) is 93.0 cm³/mol.